The summed E-state index contributed by atoms with van der Waals surface area (Å²) in [6.45, 7) is 1.61. The number of sulfone groups is 1. The molecule has 0 radical (unpaired) electrons. The molecule has 68 valence electrons. The second-order valence-electron chi connectivity index (χ2n) is 2.15. The van der Waals surface area contributed by atoms with E-state index in [4.69, 9.17) is 4.55 Å². The van der Waals surface area contributed by atoms with Crippen LogP contribution in [-0.2, 0) is 20.0 Å². The van der Waals surface area contributed by atoms with Crippen LogP contribution in [0.15, 0.2) is 0 Å². The molecule has 0 saturated heterocycles. The minimum Gasteiger partial charge on any atom is -0.285 e. The van der Waals surface area contributed by atoms with Gasteiger partial charge in [0.15, 0.2) is 14.9 Å². The summed E-state index contributed by atoms with van der Waals surface area (Å²) in [5, 5.41) is -1.17. The Labute approximate surface area is 66.1 Å². The quantitative estimate of drug-likeness (QED) is 0.630. The van der Waals surface area contributed by atoms with Crippen molar-refractivity contribution in [3.63, 3.8) is 0 Å². The lowest BCUT2D eigenvalue weighted by Crippen LogP contribution is -2.17. The standard InChI is InChI=1S/C4H10O5S2/c1-2-3-10(5,6)4-11(7,8)9/h2-4H2,1H3,(H,7,8,9). The van der Waals surface area contributed by atoms with Crippen LogP contribution < -0.4 is 0 Å². The van der Waals surface area contributed by atoms with Crippen molar-refractivity contribution < 1.29 is 21.4 Å². The van der Waals surface area contributed by atoms with Crippen LogP contribution in [0.5, 0.6) is 0 Å². The van der Waals surface area contributed by atoms with E-state index >= 15 is 0 Å². The van der Waals surface area contributed by atoms with Crippen molar-refractivity contribution >= 4 is 20.0 Å². The topological polar surface area (TPSA) is 88.5 Å². The van der Waals surface area contributed by atoms with E-state index in [-0.39, 0.29) is 5.75 Å². The van der Waals surface area contributed by atoms with Crippen molar-refractivity contribution in [1.29, 1.82) is 0 Å². The summed E-state index contributed by atoms with van der Waals surface area (Å²) in [5.41, 5.74) is 0. The first kappa shape index (κ1) is 10.9. The smallest absolute Gasteiger partial charge is 0.279 e. The van der Waals surface area contributed by atoms with Crippen LogP contribution in [0.3, 0.4) is 0 Å². The van der Waals surface area contributed by atoms with Crippen LogP contribution in [0.2, 0.25) is 0 Å². The Kier molecular flexibility index (Phi) is 3.46. The first-order valence-corrected chi connectivity index (χ1v) is 6.35. The molecule has 0 aliphatic heterocycles. The summed E-state index contributed by atoms with van der Waals surface area (Å²) in [7, 11) is -8.02. The van der Waals surface area contributed by atoms with E-state index in [0.29, 0.717) is 6.42 Å². The van der Waals surface area contributed by atoms with Gasteiger partial charge in [-0.2, -0.15) is 8.42 Å². The highest BCUT2D eigenvalue weighted by Crippen LogP contribution is 1.97. The Morgan fingerprint density at radius 1 is 1.18 bits per heavy atom. The van der Waals surface area contributed by atoms with Crippen LogP contribution in [0.25, 0.3) is 0 Å². The highest BCUT2D eigenvalue weighted by molar-refractivity contribution is 8.05. The molecular formula is C4H10O5S2. The van der Waals surface area contributed by atoms with Crippen molar-refractivity contribution in [2.45, 2.75) is 13.3 Å². The van der Waals surface area contributed by atoms with E-state index < -0.39 is 25.0 Å². The highest BCUT2D eigenvalue weighted by atomic mass is 32.3. The Hall–Kier alpha value is -0.140. The first-order valence-electron chi connectivity index (χ1n) is 2.92. The van der Waals surface area contributed by atoms with E-state index in [1.54, 1.807) is 6.92 Å². The molecule has 0 spiro atoms. The molecule has 0 atom stereocenters. The molecule has 11 heavy (non-hydrogen) atoms. The maximum atomic E-state index is 10.7. The Bertz CT molecular complexity index is 297. The molecule has 0 bridgehead atoms. The van der Waals surface area contributed by atoms with Gasteiger partial charge < -0.3 is 0 Å². The van der Waals surface area contributed by atoms with E-state index in [1.807, 2.05) is 0 Å². The summed E-state index contributed by atoms with van der Waals surface area (Å²) in [4.78, 5) is 0. The molecule has 0 amide bonds. The minimum atomic E-state index is -4.39. The molecule has 0 aliphatic rings. The largest absolute Gasteiger partial charge is 0.285 e. The predicted molar refractivity (Wildman–Crippen MR) is 40.5 cm³/mol. The average molecular weight is 202 g/mol. The summed E-state index contributed by atoms with van der Waals surface area (Å²) < 4.78 is 49.8. The van der Waals surface area contributed by atoms with Gasteiger partial charge in [0.1, 0.15) is 0 Å². The van der Waals surface area contributed by atoms with E-state index in [2.05, 4.69) is 0 Å². The van der Waals surface area contributed by atoms with Gasteiger partial charge in [0.2, 0.25) is 0 Å². The van der Waals surface area contributed by atoms with Crippen LogP contribution in [-0.4, -0.2) is 32.2 Å². The summed E-state index contributed by atoms with van der Waals surface area (Å²) >= 11 is 0. The molecule has 1 N–H and O–H groups in total. The van der Waals surface area contributed by atoms with Crippen molar-refractivity contribution in [2.75, 3.05) is 10.8 Å². The molecule has 5 nitrogen and oxygen atoms in total. The Morgan fingerprint density at radius 2 is 1.64 bits per heavy atom. The molecule has 0 aliphatic carbocycles. The van der Waals surface area contributed by atoms with Crippen molar-refractivity contribution in [1.82, 2.24) is 0 Å². The molecule has 0 unspecified atom stereocenters. The summed E-state index contributed by atoms with van der Waals surface area (Å²) in [5.74, 6) is -0.215. The monoisotopic (exact) mass is 202 g/mol. The van der Waals surface area contributed by atoms with Crippen LogP contribution in [0.1, 0.15) is 13.3 Å². The molecule has 0 saturated carbocycles. The molecule has 0 rings (SSSR count). The number of hydrogen-bond donors (Lipinski definition) is 1. The van der Waals surface area contributed by atoms with Gasteiger partial charge in [0, 0.05) is 0 Å². The van der Waals surface area contributed by atoms with E-state index in [9.17, 15) is 16.8 Å². The van der Waals surface area contributed by atoms with Crippen molar-refractivity contribution in [3.8, 4) is 0 Å². The highest BCUT2D eigenvalue weighted by Gasteiger charge is 2.18. The lowest BCUT2D eigenvalue weighted by atomic mass is 10.6. The van der Waals surface area contributed by atoms with Crippen molar-refractivity contribution in [3.05, 3.63) is 0 Å². The third-order valence-corrected chi connectivity index (χ3v) is 4.50. The zero-order valence-electron chi connectivity index (χ0n) is 6.02. The lowest BCUT2D eigenvalue weighted by molar-refractivity contribution is 0.487. The maximum absolute atomic E-state index is 10.7. The van der Waals surface area contributed by atoms with Crippen LogP contribution >= 0.6 is 0 Å². The Morgan fingerprint density at radius 3 is 1.91 bits per heavy atom. The predicted octanol–water partition coefficient (Wildman–Crippen LogP) is -0.343. The normalized spacial score (nSPS) is 13.3. The maximum Gasteiger partial charge on any atom is 0.279 e. The van der Waals surface area contributed by atoms with Gasteiger partial charge in [-0.3, -0.25) is 4.55 Å². The summed E-state index contributed by atoms with van der Waals surface area (Å²) in [6, 6.07) is 0. The third kappa shape index (κ3) is 6.27. The fourth-order valence-corrected chi connectivity index (χ4v) is 3.51. The SMILES string of the molecule is CCCS(=O)(=O)CS(=O)(=O)O. The number of rotatable bonds is 4. The molecule has 0 aromatic heterocycles. The first-order chi connectivity index (χ1) is 4.77. The number of hydrogen-bond acceptors (Lipinski definition) is 4. The van der Waals surface area contributed by atoms with Gasteiger partial charge in [-0.15, -0.1) is 0 Å². The zero-order chi connectivity index (χ0) is 9.12. The second-order valence-corrected chi connectivity index (χ2v) is 6.15. The van der Waals surface area contributed by atoms with Gasteiger partial charge in [0.05, 0.1) is 5.75 Å². The van der Waals surface area contributed by atoms with E-state index in [0.717, 1.165) is 0 Å². The van der Waals surface area contributed by atoms with Gasteiger partial charge >= 0.3 is 0 Å². The Balaban J connectivity index is 4.40. The lowest BCUT2D eigenvalue weighted by Gasteiger charge is -1.97. The van der Waals surface area contributed by atoms with E-state index in [1.165, 1.54) is 0 Å². The molecule has 0 aromatic rings. The van der Waals surface area contributed by atoms with Gasteiger partial charge in [-0.25, -0.2) is 8.42 Å². The van der Waals surface area contributed by atoms with Gasteiger partial charge in [-0.05, 0) is 6.42 Å². The fraction of sp³-hybridized carbons (Fsp3) is 1.00. The second kappa shape index (κ2) is 3.51. The van der Waals surface area contributed by atoms with Crippen LogP contribution in [0.4, 0.5) is 0 Å². The fourth-order valence-electron chi connectivity index (χ4n) is 0.597. The molecule has 7 heteroatoms. The molecule has 0 heterocycles. The minimum absolute atomic E-state index is 0.215. The molecular weight excluding hydrogens is 192 g/mol. The van der Waals surface area contributed by atoms with Crippen molar-refractivity contribution in [2.24, 2.45) is 0 Å². The van der Waals surface area contributed by atoms with Crippen LogP contribution in [0, 0.1) is 0 Å². The summed E-state index contributed by atoms with van der Waals surface area (Å²) in [6.07, 6.45) is 0.345. The third-order valence-electron chi connectivity index (χ3n) is 0.844. The average Bonchev–Trinajstić information content (AvgIpc) is 1.55. The molecule has 0 fully saturated rings. The molecule has 0 aromatic carbocycles. The van der Waals surface area contributed by atoms with Gasteiger partial charge in [-0.1, -0.05) is 6.92 Å². The zero-order valence-corrected chi connectivity index (χ0v) is 7.65. The van der Waals surface area contributed by atoms with Gasteiger partial charge in [0.25, 0.3) is 10.1 Å².